The van der Waals surface area contributed by atoms with E-state index in [1.54, 1.807) is 6.20 Å². The second-order valence-electron chi connectivity index (χ2n) is 3.54. The Morgan fingerprint density at radius 3 is 2.62 bits per heavy atom. The second-order valence-corrected chi connectivity index (χ2v) is 3.54. The predicted molar refractivity (Wildman–Crippen MR) is 64.1 cm³/mol. The molecule has 0 saturated carbocycles. The van der Waals surface area contributed by atoms with Gasteiger partial charge in [0.05, 0.1) is 0 Å². The van der Waals surface area contributed by atoms with Gasteiger partial charge in [0.1, 0.15) is 5.82 Å². The van der Waals surface area contributed by atoms with Crippen LogP contribution in [-0.2, 0) is 0 Å². The smallest absolute Gasteiger partial charge is 0.151 e. The summed E-state index contributed by atoms with van der Waals surface area (Å²) in [7, 11) is 0. The third kappa shape index (κ3) is 2.25. The molecule has 1 N–H and O–H groups in total. The van der Waals surface area contributed by atoms with Crippen molar-refractivity contribution in [2.45, 2.75) is 6.92 Å². The zero-order valence-corrected chi connectivity index (χ0v) is 8.97. The molecule has 3 heteroatoms. The first-order chi connectivity index (χ1) is 7.79. The van der Waals surface area contributed by atoms with Crippen molar-refractivity contribution in [3.05, 3.63) is 53.7 Å². The van der Waals surface area contributed by atoms with E-state index < -0.39 is 0 Å². The topological polar surface area (TPSA) is 42.0 Å². The molecular formula is C13H12N2O. The molecule has 0 radical (unpaired) electrons. The molecule has 0 aliphatic carbocycles. The number of para-hydroxylation sites is 1. The van der Waals surface area contributed by atoms with Crippen molar-refractivity contribution in [1.82, 2.24) is 4.98 Å². The number of hydrogen-bond donors (Lipinski definition) is 1. The van der Waals surface area contributed by atoms with Gasteiger partial charge in [-0.3, -0.25) is 4.79 Å². The second kappa shape index (κ2) is 4.57. The highest BCUT2D eigenvalue weighted by atomic mass is 16.1. The number of benzene rings is 1. The van der Waals surface area contributed by atoms with Crippen molar-refractivity contribution >= 4 is 17.8 Å². The van der Waals surface area contributed by atoms with E-state index in [2.05, 4.69) is 10.3 Å². The van der Waals surface area contributed by atoms with Crippen LogP contribution in [-0.4, -0.2) is 11.3 Å². The number of nitrogens with one attached hydrogen (secondary N) is 1. The molecule has 2 aromatic rings. The first kappa shape index (κ1) is 10.4. The minimum absolute atomic E-state index is 0.624. The summed E-state index contributed by atoms with van der Waals surface area (Å²) in [5, 5.41) is 3.17. The average Bonchev–Trinajstić information content (AvgIpc) is 2.31. The van der Waals surface area contributed by atoms with Crippen molar-refractivity contribution in [3.8, 4) is 0 Å². The van der Waals surface area contributed by atoms with Crippen molar-refractivity contribution in [1.29, 1.82) is 0 Å². The number of aryl methyl sites for hydroxylation is 1. The lowest BCUT2D eigenvalue weighted by Gasteiger charge is -2.06. The van der Waals surface area contributed by atoms with Gasteiger partial charge in [0, 0.05) is 17.4 Å². The highest BCUT2D eigenvalue weighted by Gasteiger charge is 2.00. The molecular weight excluding hydrogens is 200 g/mol. The molecule has 0 atom stereocenters. The van der Waals surface area contributed by atoms with E-state index in [4.69, 9.17) is 0 Å². The first-order valence-electron chi connectivity index (χ1n) is 5.03. The molecule has 1 heterocycles. The monoisotopic (exact) mass is 212 g/mol. The quantitative estimate of drug-likeness (QED) is 0.795. The van der Waals surface area contributed by atoms with E-state index in [9.17, 15) is 4.79 Å². The Balaban J connectivity index is 2.23. The van der Waals surface area contributed by atoms with E-state index in [0.29, 0.717) is 5.56 Å². The van der Waals surface area contributed by atoms with Gasteiger partial charge < -0.3 is 5.32 Å². The Labute approximate surface area is 94.1 Å². The molecule has 0 unspecified atom stereocenters. The normalized spacial score (nSPS) is 9.81. The number of aldehydes is 1. The number of anilines is 2. The van der Waals surface area contributed by atoms with E-state index in [-0.39, 0.29) is 0 Å². The number of hydrogen-bond acceptors (Lipinski definition) is 3. The molecule has 80 valence electrons. The van der Waals surface area contributed by atoms with E-state index >= 15 is 0 Å². The van der Waals surface area contributed by atoms with Crippen LogP contribution in [0.3, 0.4) is 0 Å². The van der Waals surface area contributed by atoms with Gasteiger partial charge in [-0.1, -0.05) is 18.2 Å². The Morgan fingerprint density at radius 1 is 1.25 bits per heavy atom. The summed E-state index contributed by atoms with van der Waals surface area (Å²) < 4.78 is 0. The maximum absolute atomic E-state index is 10.6. The van der Waals surface area contributed by atoms with Crippen molar-refractivity contribution in [2.24, 2.45) is 0 Å². The lowest BCUT2D eigenvalue weighted by molar-refractivity contribution is 0.112. The minimum Gasteiger partial charge on any atom is -0.340 e. The molecule has 16 heavy (non-hydrogen) atoms. The third-order valence-corrected chi connectivity index (χ3v) is 2.32. The summed E-state index contributed by atoms with van der Waals surface area (Å²) in [5.41, 5.74) is 2.52. The van der Waals surface area contributed by atoms with Crippen LogP contribution in [0.5, 0.6) is 0 Å². The Morgan fingerprint density at radius 2 is 2.00 bits per heavy atom. The highest BCUT2D eigenvalue weighted by molar-refractivity contribution is 5.77. The summed E-state index contributed by atoms with van der Waals surface area (Å²) in [5.74, 6) is 0.745. The number of aromatic nitrogens is 1. The summed E-state index contributed by atoms with van der Waals surface area (Å²) in [4.78, 5) is 14.8. The van der Waals surface area contributed by atoms with Gasteiger partial charge in [-0.2, -0.15) is 0 Å². The van der Waals surface area contributed by atoms with Crippen molar-refractivity contribution in [2.75, 3.05) is 5.32 Å². The SMILES string of the molecule is Cc1cc(Nc2ccccc2)ncc1C=O. The van der Waals surface area contributed by atoms with Crippen LogP contribution in [0.4, 0.5) is 11.5 Å². The average molecular weight is 212 g/mol. The molecule has 0 saturated heterocycles. The van der Waals surface area contributed by atoms with Gasteiger partial charge in [-0.15, -0.1) is 0 Å². The number of carbonyl (C=O) groups excluding carboxylic acids is 1. The molecule has 0 bridgehead atoms. The van der Waals surface area contributed by atoms with Gasteiger partial charge in [0.25, 0.3) is 0 Å². The maximum Gasteiger partial charge on any atom is 0.151 e. The molecule has 0 spiro atoms. The van der Waals surface area contributed by atoms with E-state index in [1.807, 2.05) is 43.3 Å². The Bertz CT molecular complexity index is 495. The lowest BCUT2D eigenvalue weighted by Crippen LogP contribution is -1.96. The number of rotatable bonds is 3. The van der Waals surface area contributed by atoms with Gasteiger partial charge in [-0.05, 0) is 30.7 Å². The number of carbonyl (C=O) groups is 1. The van der Waals surface area contributed by atoms with Gasteiger partial charge in [0.15, 0.2) is 6.29 Å². The molecule has 1 aromatic carbocycles. The molecule has 3 nitrogen and oxygen atoms in total. The molecule has 0 aliphatic heterocycles. The zero-order valence-electron chi connectivity index (χ0n) is 8.97. The molecule has 0 amide bonds. The fourth-order valence-electron chi connectivity index (χ4n) is 1.43. The lowest BCUT2D eigenvalue weighted by atomic mass is 10.2. The third-order valence-electron chi connectivity index (χ3n) is 2.32. The summed E-state index contributed by atoms with van der Waals surface area (Å²) in [6.45, 7) is 1.89. The Kier molecular flexibility index (Phi) is 2.96. The molecule has 0 fully saturated rings. The largest absolute Gasteiger partial charge is 0.340 e. The fourth-order valence-corrected chi connectivity index (χ4v) is 1.43. The fraction of sp³-hybridized carbons (Fsp3) is 0.0769. The van der Waals surface area contributed by atoms with Gasteiger partial charge in [0.2, 0.25) is 0 Å². The van der Waals surface area contributed by atoms with Crippen molar-refractivity contribution in [3.63, 3.8) is 0 Å². The first-order valence-corrected chi connectivity index (χ1v) is 5.03. The molecule has 1 aromatic heterocycles. The molecule has 2 rings (SSSR count). The zero-order chi connectivity index (χ0) is 11.4. The van der Waals surface area contributed by atoms with E-state index in [0.717, 1.165) is 23.4 Å². The number of nitrogens with zero attached hydrogens (tertiary/aromatic N) is 1. The Hall–Kier alpha value is -2.16. The highest BCUT2D eigenvalue weighted by Crippen LogP contribution is 2.15. The summed E-state index contributed by atoms with van der Waals surface area (Å²) in [6.07, 6.45) is 2.39. The van der Waals surface area contributed by atoms with Gasteiger partial charge >= 0.3 is 0 Å². The summed E-state index contributed by atoms with van der Waals surface area (Å²) >= 11 is 0. The van der Waals surface area contributed by atoms with Gasteiger partial charge in [-0.25, -0.2) is 4.98 Å². The maximum atomic E-state index is 10.6. The van der Waals surface area contributed by atoms with Crippen LogP contribution >= 0.6 is 0 Å². The molecule has 0 aliphatic rings. The number of pyridine rings is 1. The minimum atomic E-state index is 0.624. The van der Waals surface area contributed by atoms with Crippen LogP contribution < -0.4 is 5.32 Å². The van der Waals surface area contributed by atoms with Crippen LogP contribution in [0, 0.1) is 6.92 Å². The van der Waals surface area contributed by atoms with Crippen molar-refractivity contribution < 1.29 is 4.79 Å². The van der Waals surface area contributed by atoms with E-state index in [1.165, 1.54) is 0 Å². The standard InChI is InChI=1S/C13H12N2O/c1-10-7-13(14-8-11(10)9-16)15-12-5-3-2-4-6-12/h2-9H,1H3,(H,14,15). The summed E-state index contributed by atoms with van der Waals surface area (Å²) in [6, 6.07) is 11.6. The van der Waals surface area contributed by atoms with Crippen LogP contribution in [0.2, 0.25) is 0 Å². The van der Waals surface area contributed by atoms with Crippen LogP contribution in [0.1, 0.15) is 15.9 Å². The van der Waals surface area contributed by atoms with Crippen LogP contribution in [0.15, 0.2) is 42.6 Å². The predicted octanol–water partition coefficient (Wildman–Crippen LogP) is 2.95. The van der Waals surface area contributed by atoms with Crippen LogP contribution in [0.25, 0.3) is 0 Å².